The number of nitrogens with zero attached hydrogens (tertiary/aromatic N) is 1. The molecule has 1 aliphatic rings. The van der Waals surface area contributed by atoms with Crippen LogP contribution in [-0.4, -0.2) is 37.7 Å². The Morgan fingerprint density at radius 1 is 1.06 bits per heavy atom. The zero-order valence-corrected chi connectivity index (χ0v) is 19.4. The molecule has 0 saturated carbocycles. The fraction of sp³-hybridized carbons (Fsp3) is 0.217. The Labute approximate surface area is 196 Å². The monoisotopic (exact) mass is 484 g/mol. The third kappa shape index (κ3) is 5.41. The summed E-state index contributed by atoms with van der Waals surface area (Å²) in [6, 6.07) is 16.6. The zero-order chi connectivity index (χ0) is 23.4. The van der Waals surface area contributed by atoms with Crippen LogP contribution >= 0.6 is 11.3 Å². The number of para-hydroxylation sites is 1. The Kier molecular flexibility index (Phi) is 6.77. The lowest BCUT2D eigenvalue weighted by atomic mass is 10.1. The van der Waals surface area contributed by atoms with Gasteiger partial charge < -0.3 is 11.1 Å². The molecule has 1 atom stereocenters. The Morgan fingerprint density at radius 2 is 1.82 bits per heavy atom. The molecule has 0 radical (unpaired) electrons. The minimum Gasteiger partial charge on any atom is -0.368 e. The van der Waals surface area contributed by atoms with Crippen molar-refractivity contribution in [2.24, 2.45) is 5.73 Å². The third-order valence-corrected chi connectivity index (χ3v) is 8.27. The molecular weight excluding hydrogens is 460 g/mol. The van der Waals surface area contributed by atoms with Gasteiger partial charge in [-0.3, -0.25) is 19.2 Å². The van der Waals surface area contributed by atoms with Gasteiger partial charge in [-0.25, -0.2) is 8.42 Å². The lowest BCUT2D eigenvalue weighted by molar-refractivity contribution is -0.122. The minimum atomic E-state index is -3.65. The van der Waals surface area contributed by atoms with Gasteiger partial charge in [0.05, 0.1) is 6.04 Å². The van der Waals surface area contributed by atoms with Crippen LogP contribution in [0.15, 0.2) is 70.3 Å². The van der Waals surface area contributed by atoms with Gasteiger partial charge in [0.2, 0.25) is 5.91 Å². The molecule has 1 fully saturated rings. The number of primary amides is 1. The van der Waals surface area contributed by atoms with Crippen LogP contribution in [0.25, 0.3) is 0 Å². The topological polar surface area (TPSA) is 122 Å². The fourth-order valence-electron chi connectivity index (χ4n) is 3.84. The summed E-state index contributed by atoms with van der Waals surface area (Å²) in [6.07, 6.45) is 1.65. The van der Waals surface area contributed by atoms with Gasteiger partial charge in [0, 0.05) is 23.5 Å². The summed E-state index contributed by atoms with van der Waals surface area (Å²) in [7, 11) is -3.65. The number of benzene rings is 2. The summed E-state index contributed by atoms with van der Waals surface area (Å²) in [4.78, 5) is 26.6. The van der Waals surface area contributed by atoms with Gasteiger partial charge in [-0.15, -0.1) is 11.3 Å². The van der Waals surface area contributed by atoms with Gasteiger partial charge in [-0.2, -0.15) is 0 Å². The summed E-state index contributed by atoms with van der Waals surface area (Å²) in [6.45, 7) is 1.28. The molecule has 172 valence electrons. The Hall–Kier alpha value is -3.21. The number of amides is 2. The van der Waals surface area contributed by atoms with E-state index in [1.54, 1.807) is 35.7 Å². The Morgan fingerprint density at radius 3 is 2.52 bits per heavy atom. The van der Waals surface area contributed by atoms with E-state index < -0.39 is 10.0 Å². The van der Waals surface area contributed by atoms with Crippen molar-refractivity contribution in [1.29, 1.82) is 0 Å². The Balaban J connectivity index is 1.44. The molecule has 2 heterocycles. The lowest BCUT2D eigenvalue weighted by Crippen LogP contribution is -2.39. The predicted molar refractivity (Wildman–Crippen MR) is 129 cm³/mol. The van der Waals surface area contributed by atoms with Crippen molar-refractivity contribution >= 4 is 44.5 Å². The van der Waals surface area contributed by atoms with Gasteiger partial charge in [0.25, 0.3) is 15.9 Å². The second-order valence-electron chi connectivity index (χ2n) is 7.76. The summed E-state index contributed by atoms with van der Waals surface area (Å²) >= 11 is 1.13. The average Bonchev–Trinajstić information content (AvgIpc) is 3.48. The highest BCUT2D eigenvalue weighted by Crippen LogP contribution is 2.25. The molecule has 1 aromatic heterocycles. The molecule has 4 N–H and O–H groups in total. The standard InChI is InChI=1S/C23H24N4O4S2/c24-22(28)20-7-3-13-27(20)15-17-5-1-2-6-19(17)25-23(29)16-9-11-18(12-10-16)26-33(30,31)21-8-4-14-32-21/h1-2,4-6,8-12,14,20,26H,3,7,13,15H2,(H2,24,28)(H,25,29). The maximum Gasteiger partial charge on any atom is 0.271 e. The largest absolute Gasteiger partial charge is 0.368 e. The number of likely N-dealkylation sites (tertiary alicyclic amines) is 1. The number of carbonyl (C=O) groups is 2. The third-order valence-electron chi connectivity index (χ3n) is 5.49. The van der Waals surface area contributed by atoms with Crippen LogP contribution in [0, 0.1) is 0 Å². The molecule has 1 aliphatic heterocycles. The Bertz CT molecular complexity index is 1240. The van der Waals surface area contributed by atoms with Gasteiger partial charge in [-0.1, -0.05) is 24.3 Å². The molecule has 4 rings (SSSR count). The SMILES string of the molecule is NC(=O)C1CCCN1Cc1ccccc1NC(=O)c1ccc(NS(=O)(=O)c2cccs2)cc1. The molecule has 0 spiro atoms. The maximum absolute atomic E-state index is 12.8. The first kappa shape index (κ1) is 23.0. The second-order valence-corrected chi connectivity index (χ2v) is 10.6. The zero-order valence-electron chi connectivity index (χ0n) is 17.7. The summed E-state index contributed by atoms with van der Waals surface area (Å²) < 4.78 is 27.4. The minimum absolute atomic E-state index is 0.220. The highest BCUT2D eigenvalue weighted by molar-refractivity contribution is 7.94. The molecule has 1 saturated heterocycles. The molecule has 2 amide bonds. The number of sulfonamides is 1. The van der Waals surface area contributed by atoms with E-state index in [0.29, 0.717) is 23.5 Å². The first-order valence-corrected chi connectivity index (χ1v) is 12.8. The maximum atomic E-state index is 12.8. The highest BCUT2D eigenvalue weighted by atomic mass is 32.2. The van der Waals surface area contributed by atoms with Crippen molar-refractivity contribution in [3.63, 3.8) is 0 Å². The van der Waals surface area contributed by atoms with Crippen LogP contribution in [0.4, 0.5) is 11.4 Å². The van der Waals surface area contributed by atoms with Crippen LogP contribution in [0.1, 0.15) is 28.8 Å². The van der Waals surface area contributed by atoms with Crippen molar-refractivity contribution in [2.45, 2.75) is 29.6 Å². The fourth-order valence-corrected chi connectivity index (χ4v) is 5.89. The van der Waals surface area contributed by atoms with Crippen LogP contribution in [-0.2, 0) is 21.4 Å². The van der Waals surface area contributed by atoms with E-state index in [2.05, 4.69) is 10.0 Å². The molecule has 10 heteroatoms. The quantitative estimate of drug-likeness (QED) is 0.453. The number of hydrogen-bond acceptors (Lipinski definition) is 6. The first-order chi connectivity index (χ1) is 15.8. The van der Waals surface area contributed by atoms with Gasteiger partial charge in [-0.05, 0) is 66.7 Å². The predicted octanol–water partition coefficient (Wildman–Crippen LogP) is 3.25. The number of thiophene rings is 1. The van der Waals surface area contributed by atoms with Crippen molar-refractivity contribution in [3.05, 3.63) is 77.2 Å². The van der Waals surface area contributed by atoms with E-state index in [1.807, 2.05) is 29.2 Å². The van der Waals surface area contributed by atoms with E-state index >= 15 is 0 Å². The van der Waals surface area contributed by atoms with Crippen LogP contribution < -0.4 is 15.8 Å². The number of nitrogens with one attached hydrogen (secondary N) is 2. The molecule has 3 aromatic rings. The molecule has 8 nitrogen and oxygen atoms in total. The summed E-state index contributed by atoms with van der Waals surface area (Å²) in [5.74, 6) is -0.646. The van der Waals surface area contributed by atoms with E-state index in [4.69, 9.17) is 5.73 Å². The molecule has 0 aliphatic carbocycles. The number of nitrogens with two attached hydrogens (primary N) is 1. The van der Waals surface area contributed by atoms with E-state index in [9.17, 15) is 18.0 Å². The number of anilines is 2. The van der Waals surface area contributed by atoms with Crippen LogP contribution in [0.3, 0.4) is 0 Å². The van der Waals surface area contributed by atoms with Crippen molar-refractivity contribution < 1.29 is 18.0 Å². The molecular formula is C23H24N4O4S2. The molecule has 1 unspecified atom stereocenters. The molecule has 2 aromatic carbocycles. The van der Waals surface area contributed by atoms with Gasteiger partial charge in [0.15, 0.2) is 0 Å². The second kappa shape index (κ2) is 9.74. The highest BCUT2D eigenvalue weighted by Gasteiger charge is 2.29. The molecule has 0 bridgehead atoms. The number of rotatable bonds is 8. The lowest BCUT2D eigenvalue weighted by Gasteiger charge is -2.23. The van der Waals surface area contributed by atoms with Gasteiger partial charge in [0.1, 0.15) is 4.21 Å². The van der Waals surface area contributed by atoms with Crippen molar-refractivity contribution in [2.75, 3.05) is 16.6 Å². The van der Waals surface area contributed by atoms with Crippen LogP contribution in [0.2, 0.25) is 0 Å². The number of hydrogen-bond donors (Lipinski definition) is 3. The van der Waals surface area contributed by atoms with E-state index in [1.165, 1.54) is 6.07 Å². The molecule has 33 heavy (non-hydrogen) atoms. The number of carbonyl (C=O) groups excluding carboxylic acids is 2. The van der Waals surface area contributed by atoms with E-state index in [0.717, 1.165) is 36.3 Å². The normalized spacial score (nSPS) is 16.4. The van der Waals surface area contributed by atoms with Crippen LogP contribution in [0.5, 0.6) is 0 Å². The summed E-state index contributed by atoms with van der Waals surface area (Å²) in [5.41, 5.74) is 7.82. The first-order valence-electron chi connectivity index (χ1n) is 10.4. The average molecular weight is 485 g/mol. The van der Waals surface area contributed by atoms with Gasteiger partial charge >= 0.3 is 0 Å². The summed E-state index contributed by atoms with van der Waals surface area (Å²) in [5, 5.41) is 4.61. The van der Waals surface area contributed by atoms with Crippen molar-refractivity contribution in [1.82, 2.24) is 4.90 Å². The van der Waals surface area contributed by atoms with E-state index in [-0.39, 0.29) is 22.1 Å². The van der Waals surface area contributed by atoms with Crippen molar-refractivity contribution in [3.8, 4) is 0 Å². The smallest absolute Gasteiger partial charge is 0.271 e.